The Hall–Kier alpha value is -2.53. The van der Waals surface area contributed by atoms with Crippen molar-refractivity contribution in [2.75, 3.05) is 13.1 Å². The molecule has 3 amide bonds. The average Bonchev–Trinajstić information content (AvgIpc) is 2.64. The zero-order valence-electron chi connectivity index (χ0n) is 14.3. The van der Waals surface area contributed by atoms with Crippen molar-refractivity contribution in [3.8, 4) is 5.75 Å². The van der Waals surface area contributed by atoms with Gasteiger partial charge >= 0.3 is 6.03 Å². The summed E-state index contributed by atoms with van der Waals surface area (Å²) in [5, 5.41) is 12.4. The largest absolute Gasteiger partial charge is 0.508 e. The standard InChI is InChI=1S/C20H21ClN2O3/c21-17-5-1-14(2-6-17)13-15-9-11-23(12-10-15)20(26)22-19(25)16-3-7-18(24)8-4-16/h1-8,15,24H,9-13H2,(H,22,25,26). The number of likely N-dealkylation sites (tertiary alicyclic amines) is 1. The molecule has 1 fully saturated rings. The van der Waals surface area contributed by atoms with Crippen LogP contribution in [0, 0.1) is 5.92 Å². The fraction of sp³-hybridized carbons (Fsp3) is 0.300. The third kappa shape index (κ3) is 4.76. The summed E-state index contributed by atoms with van der Waals surface area (Å²) in [6, 6.07) is 13.3. The highest BCUT2D eigenvalue weighted by molar-refractivity contribution is 6.30. The van der Waals surface area contributed by atoms with Crippen LogP contribution in [0.5, 0.6) is 5.75 Å². The maximum absolute atomic E-state index is 12.3. The third-order valence-corrected chi connectivity index (χ3v) is 4.94. The van der Waals surface area contributed by atoms with Crippen LogP contribution in [0.25, 0.3) is 0 Å². The van der Waals surface area contributed by atoms with E-state index in [9.17, 15) is 14.7 Å². The first-order valence-corrected chi connectivity index (χ1v) is 9.03. The fourth-order valence-corrected chi connectivity index (χ4v) is 3.28. The number of carbonyl (C=O) groups excluding carboxylic acids is 2. The SMILES string of the molecule is O=C(NC(=O)N1CCC(Cc2ccc(Cl)cc2)CC1)c1ccc(O)cc1. The summed E-state index contributed by atoms with van der Waals surface area (Å²) in [5.74, 6) is 0.141. The van der Waals surface area contributed by atoms with Crippen molar-refractivity contribution >= 4 is 23.5 Å². The lowest BCUT2D eigenvalue weighted by atomic mass is 9.90. The monoisotopic (exact) mass is 372 g/mol. The van der Waals surface area contributed by atoms with Gasteiger partial charge in [0.1, 0.15) is 5.75 Å². The van der Waals surface area contributed by atoms with Crippen molar-refractivity contribution in [1.82, 2.24) is 10.2 Å². The van der Waals surface area contributed by atoms with E-state index in [2.05, 4.69) is 5.32 Å². The van der Waals surface area contributed by atoms with E-state index in [0.29, 0.717) is 24.6 Å². The van der Waals surface area contributed by atoms with Crippen molar-refractivity contribution in [3.63, 3.8) is 0 Å². The summed E-state index contributed by atoms with van der Waals surface area (Å²) < 4.78 is 0. The van der Waals surface area contributed by atoms with Gasteiger partial charge in [-0.15, -0.1) is 0 Å². The van der Waals surface area contributed by atoms with Crippen LogP contribution < -0.4 is 5.32 Å². The van der Waals surface area contributed by atoms with Crippen molar-refractivity contribution in [3.05, 3.63) is 64.7 Å². The predicted octanol–water partition coefficient (Wildman–Crippen LogP) is 3.85. The molecule has 5 nitrogen and oxygen atoms in total. The maximum Gasteiger partial charge on any atom is 0.324 e. The van der Waals surface area contributed by atoms with Gasteiger partial charge in [-0.2, -0.15) is 0 Å². The Bertz CT molecular complexity index is 767. The number of urea groups is 1. The number of nitrogens with one attached hydrogen (secondary N) is 1. The number of hydrogen-bond donors (Lipinski definition) is 2. The molecular formula is C20H21ClN2O3. The Labute approximate surface area is 157 Å². The normalized spacial score (nSPS) is 14.9. The lowest BCUT2D eigenvalue weighted by Gasteiger charge is -2.31. The van der Waals surface area contributed by atoms with Crippen LogP contribution in [0.2, 0.25) is 5.02 Å². The molecular weight excluding hydrogens is 352 g/mol. The molecule has 136 valence electrons. The van der Waals surface area contributed by atoms with E-state index >= 15 is 0 Å². The van der Waals surface area contributed by atoms with Gasteiger partial charge in [0.05, 0.1) is 0 Å². The van der Waals surface area contributed by atoms with Crippen LogP contribution in [-0.4, -0.2) is 35.0 Å². The van der Waals surface area contributed by atoms with Crippen LogP contribution in [0.15, 0.2) is 48.5 Å². The highest BCUT2D eigenvalue weighted by Crippen LogP contribution is 2.22. The highest BCUT2D eigenvalue weighted by Gasteiger charge is 2.24. The number of carbonyl (C=O) groups is 2. The second-order valence-electron chi connectivity index (χ2n) is 6.57. The molecule has 0 aromatic heterocycles. The minimum atomic E-state index is -0.460. The number of phenols is 1. The molecule has 0 unspecified atom stereocenters. The van der Waals surface area contributed by atoms with E-state index in [-0.39, 0.29) is 11.8 Å². The number of phenolic OH excluding ortho intramolecular Hbond substituents is 1. The summed E-state index contributed by atoms with van der Waals surface area (Å²) in [5.41, 5.74) is 1.59. The zero-order chi connectivity index (χ0) is 18.5. The quantitative estimate of drug-likeness (QED) is 0.859. The molecule has 6 heteroatoms. The number of aromatic hydroxyl groups is 1. The van der Waals surface area contributed by atoms with Crippen LogP contribution >= 0.6 is 11.6 Å². The zero-order valence-corrected chi connectivity index (χ0v) is 15.1. The first kappa shape index (κ1) is 18.3. The molecule has 3 rings (SSSR count). The molecule has 0 saturated carbocycles. The summed E-state index contributed by atoms with van der Waals surface area (Å²) in [6.45, 7) is 1.26. The van der Waals surface area contributed by atoms with Crippen molar-refractivity contribution < 1.29 is 14.7 Å². The molecule has 1 aliphatic rings. The highest BCUT2D eigenvalue weighted by atomic mass is 35.5. The molecule has 0 spiro atoms. The molecule has 1 saturated heterocycles. The van der Waals surface area contributed by atoms with Crippen LogP contribution in [0.4, 0.5) is 4.79 Å². The Morgan fingerprint density at radius 1 is 1.04 bits per heavy atom. The fourth-order valence-electron chi connectivity index (χ4n) is 3.16. The lowest BCUT2D eigenvalue weighted by molar-refractivity contribution is 0.0945. The van der Waals surface area contributed by atoms with Crippen molar-refractivity contribution in [2.45, 2.75) is 19.3 Å². The van der Waals surface area contributed by atoms with Gasteiger partial charge in [0.2, 0.25) is 0 Å². The minimum absolute atomic E-state index is 0.0793. The van der Waals surface area contributed by atoms with Crippen LogP contribution in [0.3, 0.4) is 0 Å². The number of rotatable bonds is 3. The van der Waals surface area contributed by atoms with Crippen LogP contribution in [0.1, 0.15) is 28.8 Å². The summed E-state index contributed by atoms with van der Waals surface area (Å²) in [7, 11) is 0. The molecule has 0 aliphatic carbocycles. The Morgan fingerprint density at radius 3 is 2.27 bits per heavy atom. The molecule has 1 heterocycles. The number of amides is 3. The number of halogens is 1. The molecule has 2 aromatic rings. The molecule has 2 aromatic carbocycles. The Balaban J connectivity index is 1.48. The smallest absolute Gasteiger partial charge is 0.324 e. The van der Waals surface area contributed by atoms with Gasteiger partial charge in [-0.1, -0.05) is 23.7 Å². The summed E-state index contributed by atoms with van der Waals surface area (Å²) in [6.07, 6.45) is 2.78. The molecule has 0 radical (unpaired) electrons. The first-order valence-electron chi connectivity index (χ1n) is 8.65. The number of nitrogens with zero attached hydrogens (tertiary/aromatic N) is 1. The van der Waals surface area contributed by atoms with E-state index in [4.69, 9.17) is 11.6 Å². The Kier molecular flexibility index (Phi) is 5.78. The lowest BCUT2D eigenvalue weighted by Crippen LogP contribution is -2.46. The van der Waals surface area contributed by atoms with Gasteiger partial charge in [0.25, 0.3) is 5.91 Å². The topological polar surface area (TPSA) is 69.6 Å². The van der Waals surface area contributed by atoms with E-state index < -0.39 is 5.91 Å². The van der Waals surface area contributed by atoms with Gasteiger partial charge in [-0.3, -0.25) is 10.1 Å². The van der Waals surface area contributed by atoms with Gasteiger partial charge in [0.15, 0.2) is 0 Å². The number of benzene rings is 2. The van der Waals surface area contributed by atoms with E-state index in [1.807, 2.05) is 24.3 Å². The maximum atomic E-state index is 12.3. The second-order valence-corrected chi connectivity index (χ2v) is 7.00. The number of piperidine rings is 1. The van der Waals surface area contributed by atoms with Crippen LogP contribution in [-0.2, 0) is 6.42 Å². The Morgan fingerprint density at radius 2 is 1.65 bits per heavy atom. The number of imide groups is 1. The third-order valence-electron chi connectivity index (χ3n) is 4.69. The second kappa shape index (κ2) is 8.23. The van der Waals surface area contributed by atoms with E-state index in [1.165, 1.54) is 29.8 Å². The van der Waals surface area contributed by atoms with Crippen molar-refractivity contribution in [1.29, 1.82) is 0 Å². The molecule has 0 bridgehead atoms. The molecule has 26 heavy (non-hydrogen) atoms. The first-order chi connectivity index (χ1) is 12.5. The summed E-state index contributed by atoms with van der Waals surface area (Å²) >= 11 is 5.91. The number of hydrogen-bond acceptors (Lipinski definition) is 3. The van der Waals surface area contributed by atoms with E-state index in [1.54, 1.807) is 4.90 Å². The van der Waals surface area contributed by atoms with Gasteiger partial charge in [0, 0.05) is 23.7 Å². The predicted molar refractivity (Wildman–Crippen MR) is 100 cm³/mol. The molecule has 0 atom stereocenters. The van der Waals surface area contributed by atoms with Gasteiger partial charge in [-0.25, -0.2) is 4.79 Å². The average molecular weight is 373 g/mol. The van der Waals surface area contributed by atoms with Gasteiger partial charge < -0.3 is 10.0 Å². The van der Waals surface area contributed by atoms with Gasteiger partial charge in [-0.05, 0) is 67.1 Å². The molecule has 2 N–H and O–H groups in total. The molecule has 1 aliphatic heterocycles. The van der Waals surface area contributed by atoms with Crippen molar-refractivity contribution in [2.24, 2.45) is 5.92 Å². The summed E-state index contributed by atoms with van der Waals surface area (Å²) in [4.78, 5) is 26.0. The van der Waals surface area contributed by atoms with E-state index in [0.717, 1.165) is 24.3 Å². The minimum Gasteiger partial charge on any atom is -0.508 e.